The molecule has 1 nitrogen and oxygen atoms in total. The summed E-state index contributed by atoms with van der Waals surface area (Å²) in [7, 11) is 0. The standard InChI is InChI=1S/C22H19N/c1-14-6-3-8-16-12-18-10-5-11-19-13-17-9-4-7-15(2)21(17)23(20(14)16)22(18)19/h3-11H,12-13H2,1-2H3. The Labute approximate surface area is 137 Å². The van der Waals surface area contributed by atoms with Gasteiger partial charge in [-0.25, -0.2) is 0 Å². The van der Waals surface area contributed by atoms with Crippen LogP contribution in [0.2, 0.25) is 0 Å². The SMILES string of the molecule is Cc1cccc2c1N1c3c(C)cccc3Cc3cccc(c31)C2. The predicted octanol–water partition coefficient (Wildman–Crippen LogP) is 5.58. The summed E-state index contributed by atoms with van der Waals surface area (Å²) in [5.74, 6) is 0. The van der Waals surface area contributed by atoms with Gasteiger partial charge in [0.2, 0.25) is 0 Å². The highest BCUT2D eigenvalue weighted by Crippen LogP contribution is 2.52. The minimum Gasteiger partial charge on any atom is -0.309 e. The minimum absolute atomic E-state index is 1.04. The minimum atomic E-state index is 1.04. The van der Waals surface area contributed by atoms with Crippen LogP contribution in [-0.2, 0) is 12.8 Å². The van der Waals surface area contributed by atoms with Crippen molar-refractivity contribution in [3.63, 3.8) is 0 Å². The van der Waals surface area contributed by atoms with Crippen molar-refractivity contribution in [2.24, 2.45) is 0 Å². The van der Waals surface area contributed by atoms with E-state index in [0.717, 1.165) is 12.8 Å². The number of para-hydroxylation sites is 3. The van der Waals surface area contributed by atoms with E-state index in [-0.39, 0.29) is 0 Å². The van der Waals surface area contributed by atoms with Crippen molar-refractivity contribution in [2.75, 3.05) is 4.90 Å². The Balaban J connectivity index is 1.91. The van der Waals surface area contributed by atoms with E-state index in [0.29, 0.717) is 0 Å². The lowest BCUT2D eigenvalue weighted by molar-refractivity contribution is 0.998. The molecular weight excluding hydrogens is 278 g/mol. The number of rotatable bonds is 0. The van der Waals surface area contributed by atoms with E-state index in [1.54, 1.807) is 0 Å². The summed E-state index contributed by atoms with van der Waals surface area (Å²) in [4.78, 5) is 2.53. The van der Waals surface area contributed by atoms with Gasteiger partial charge in [-0.15, -0.1) is 0 Å². The van der Waals surface area contributed by atoms with Gasteiger partial charge in [0.15, 0.2) is 0 Å². The number of hydrogen-bond donors (Lipinski definition) is 0. The molecule has 0 bridgehead atoms. The maximum absolute atomic E-state index is 2.53. The molecule has 0 radical (unpaired) electrons. The molecule has 5 rings (SSSR count). The summed E-state index contributed by atoms with van der Waals surface area (Å²) >= 11 is 0. The van der Waals surface area contributed by atoms with Gasteiger partial charge in [-0.1, -0.05) is 54.6 Å². The monoisotopic (exact) mass is 297 g/mol. The third-order valence-corrected chi connectivity index (χ3v) is 5.28. The zero-order valence-electron chi connectivity index (χ0n) is 13.6. The smallest absolute Gasteiger partial charge is 0.0532 e. The van der Waals surface area contributed by atoms with E-state index < -0.39 is 0 Å². The predicted molar refractivity (Wildman–Crippen MR) is 96.2 cm³/mol. The van der Waals surface area contributed by atoms with Crippen molar-refractivity contribution in [3.8, 4) is 0 Å². The largest absolute Gasteiger partial charge is 0.309 e. The number of anilines is 3. The quantitative estimate of drug-likeness (QED) is 0.360. The molecule has 3 aromatic carbocycles. The number of hydrogen-bond acceptors (Lipinski definition) is 1. The molecule has 1 heteroatoms. The number of nitrogens with zero attached hydrogens (tertiary/aromatic N) is 1. The molecule has 0 saturated heterocycles. The zero-order valence-corrected chi connectivity index (χ0v) is 13.6. The van der Waals surface area contributed by atoms with Crippen LogP contribution < -0.4 is 4.90 Å². The molecule has 2 aliphatic heterocycles. The third-order valence-electron chi connectivity index (χ3n) is 5.28. The first-order valence-electron chi connectivity index (χ1n) is 8.32. The Kier molecular flexibility index (Phi) is 2.52. The summed E-state index contributed by atoms with van der Waals surface area (Å²) < 4.78 is 0. The van der Waals surface area contributed by atoms with Crippen LogP contribution in [0, 0.1) is 13.8 Å². The van der Waals surface area contributed by atoms with Gasteiger partial charge >= 0.3 is 0 Å². The molecule has 0 N–H and O–H groups in total. The Hall–Kier alpha value is -2.54. The molecule has 0 aliphatic carbocycles. The molecule has 2 heterocycles. The first-order valence-corrected chi connectivity index (χ1v) is 8.32. The van der Waals surface area contributed by atoms with Crippen molar-refractivity contribution in [2.45, 2.75) is 26.7 Å². The summed E-state index contributed by atoms with van der Waals surface area (Å²) in [6, 6.07) is 20.2. The van der Waals surface area contributed by atoms with Crippen LogP contribution in [0.4, 0.5) is 17.1 Å². The van der Waals surface area contributed by atoms with Crippen molar-refractivity contribution in [3.05, 3.63) is 88.0 Å². The van der Waals surface area contributed by atoms with E-state index in [4.69, 9.17) is 0 Å². The summed E-state index contributed by atoms with van der Waals surface area (Å²) in [5.41, 5.74) is 12.7. The van der Waals surface area contributed by atoms with Crippen molar-refractivity contribution in [1.29, 1.82) is 0 Å². The maximum atomic E-state index is 2.53. The number of aryl methyl sites for hydroxylation is 2. The highest BCUT2D eigenvalue weighted by atomic mass is 15.2. The Morgan fingerprint density at radius 2 is 0.957 bits per heavy atom. The number of fused-ring (bicyclic) bond motifs is 4. The van der Waals surface area contributed by atoms with Gasteiger partial charge in [0.25, 0.3) is 0 Å². The molecule has 2 aliphatic rings. The Morgan fingerprint density at radius 1 is 0.565 bits per heavy atom. The van der Waals surface area contributed by atoms with Crippen LogP contribution in [0.5, 0.6) is 0 Å². The van der Waals surface area contributed by atoms with E-state index in [1.807, 2.05) is 0 Å². The Morgan fingerprint density at radius 3 is 1.43 bits per heavy atom. The van der Waals surface area contributed by atoms with Gasteiger partial charge in [-0.2, -0.15) is 0 Å². The first kappa shape index (κ1) is 13.0. The first-order chi connectivity index (χ1) is 11.2. The van der Waals surface area contributed by atoms with Gasteiger partial charge in [-0.05, 0) is 47.2 Å². The molecule has 112 valence electrons. The van der Waals surface area contributed by atoms with Crippen LogP contribution in [0.15, 0.2) is 54.6 Å². The summed E-state index contributed by atoms with van der Waals surface area (Å²) in [5, 5.41) is 0. The fourth-order valence-corrected chi connectivity index (χ4v) is 4.33. The zero-order chi connectivity index (χ0) is 15.6. The fraction of sp³-hybridized carbons (Fsp3) is 0.182. The topological polar surface area (TPSA) is 3.24 Å². The number of benzene rings is 3. The van der Waals surface area contributed by atoms with E-state index in [9.17, 15) is 0 Å². The average Bonchev–Trinajstić information content (AvgIpc) is 2.55. The molecule has 0 atom stereocenters. The molecule has 3 aromatic rings. The third kappa shape index (κ3) is 1.68. The summed E-state index contributed by atoms with van der Waals surface area (Å²) in [6.07, 6.45) is 2.08. The lowest BCUT2D eigenvalue weighted by Gasteiger charge is -2.41. The fourth-order valence-electron chi connectivity index (χ4n) is 4.33. The van der Waals surface area contributed by atoms with E-state index in [1.165, 1.54) is 50.4 Å². The van der Waals surface area contributed by atoms with Gasteiger partial charge in [0, 0.05) is 12.8 Å². The molecule has 0 fully saturated rings. The van der Waals surface area contributed by atoms with Gasteiger partial charge in [0.1, 0.15) is 0 Å². The van der Waals surface area contributed by atoms with Crippen LogP contribution in [0.3, 0.4) is 0 Å². The second-order valence-corrected chi connectivity index (χ2v) is 6.78. The summed E-state index contributed by atoms with van der Waals surface area (Å²) in [6.45, 7) is 4.47. The highest BCUT2D eigenvalue weighted by molar-refractivity contribution is 5.91. The van der Waals surface area contributed by atoms with Crippen LogP contribution in [-0.4, -0.2) is 0 Å². The van der Waals surface area contributed by atoms with Crippen molar-refractivity contribution < 1.29 is 0 Å². The highest BCUT2D eigenvalue weighted by Gasteiger charge is 2.32. The van der Waals surface area contributed by atoms with Crippen LogP contribution in [0.1, 0.15) is 33.4 Å². The van der Waals surface area contributed by atoms with Gasteiger partial charge in [-0.3, -0.25) is 0 Å². The van der Waals surface area contributed by atoms with E-state index >= 15 is 0 Å². The van der Waals surface area contributed by atoms with E-state index in [2.05, 4.69) is 73.3 Å². The molecule has 0 unspecified atom stereocenters. The Bertz CT molecular complexity index is 846. The molecular formula is C22H19N. The normalized spacial score (nSPS) is 14.1. The molecule has 0 amide bonds. The second-order valence-electron chi connectivity index (χ2n) is 6.78. The van der Waals surface area contributed by atoms with Crippen molar-refractivity contribution >= 4 is 17.1 Å². The molecule has 0 spiro atoms. The average molecular weight is 297 g/mol. The van der Waals surface area contributed by atoms with Crippen molar-refractivity contribution in [1.82, 2.24) is 0 Å². The maximum Gasteiger partial charge on any atom is 0.0532 e. The molecule has 0 saturated carbocycles. The molecule has 0 aromatic heterocycles. The molecule has 23 heavy (non-hydrogen) atoms. The lowest BCUT2D eigenvalue weighted by Crippen LogP contribution is -2.26. The lowest BCUT2D eigenvalue weighted by atomic mass is 9.84. The van der Waals surface area contributed by atoms with Gasteiger partial charge < -0.3 is 4.90 Å². The van der Waals surface area contributed by atoms with Crippen LogP contribution in [0.25, 0.3) is 0 Å². The van der Waals surface area contributed by atoms with Crippen LogP contribution >= 0.6 is 0 Å². The van der Waals surface area contributed by atoms with Gasteiger partial charge in [0.05, 0.1) is 17.1 Å². The second kappa shape index (κ2) is 4.48.